The van der Waals surface area contributed by atoms with Gasteiger partial charge in [0.2, 0.25) is 5.91 Å². The van der Waals surface area contributed by atoms with Gasteiger partial charge in [0.25, 0.3) is 0 Å². The number of benzene rings is 1. The van der Waals surface area contributed by atoms with Crippen molar-refractivity contribution < 1.29 is 4.79 Å². The summed E-state index contributed by atoms with van der Waals surface area (Å²) in [6.07, 6.45) is 3.17. The molecule has 0 saturated carbocycles. The fourth-order valence-corrected chi connectivity index (χ4v) is 3.20. The lowest BCUT2D eigenvalue weighted by atomic mass is 10.2. The van der Waals surface area contributed by atoms with Crippen LogP contribution >= 0.6 is 0 Å². The molecule has 0 unspecified atom stereocenters. The molecule has 0 radical (unpaired) electrons. The summed E-state index contributed by atoms with van der Waals surface area (Å²) < 4.78 is 1.83. The van der Waals surface area contributed by atoms with Gasteiger partial charge in [-0.05, 0) is 12.1 Å². The van der Waals surface area contributed by atoms with E-state index >= 15 is 0 Å². The summed E-state index contributed by atoms with van der Waals surface area (Å²) in [5.74, 6) is 0.660. The van der Waals surface area contributed by atoms with Crippen LogP contribution in [0, 0.1) is 0 Å². The molecule has 0 atom stereocenters. The number of piperazine rings is 1. The van der Waals surface area contributed by atoms with Crippen LogP contribution in [0.3, 0.4) is 0 Å². The molecule has 1 aromatic carbocycles. The molecule has 1 amide bonds. The molecule has 8 heteroatoms. The molecular weight excluding hydrogens is 330 g/mol. The zero-order chi connectivity index (χ0) is 17.9. The van der Waals surface area contributed by atoms with E-state index in [0.717, 1.165) is 31.8 Å². The van der Waals surface area contributed by atoms with Crippen molar-refractivity contribution in [3.8, 4) is 0 Å². The first kappa shape index (κ1) is 16.3. The molecule has 1 aliphatic rings. The van der Waals surface area contributed by atoms with Gasteiger partial charge in [-0.15, -0.1) is 0 Å². The van der Waals surface area contributed by atoms with Gasteiger partial charge in [-0.25, -0.2) is 15.0 Å². The maximum Gasteiger partial charge on any atom is 0.242 e. The number of fused-ring (bicyclic) bond motifs is 1. The number of aromatic nitrogens is 4. The maximum atomic E-state index is 12.5. The van der Waals surface area contributed by atoms with Crippen molar-refractivity contribution in [1.29, 1.82) is 0 Å². The minimum atomic E-state index is 0.0698. The number of amides is 1. The van der Waals surface area contributed by atoms with Gasteiger partial charge in [0.05, 0.1) is 12.9 Å². The Bertz CT molecular complexity index is 900. The predicted octanol–water partition coefficient (Wildman–Crippen LogP) is 1.12. The highest BCUT2D eigenvalue weighted by Gasteiger charge is 2.21. The summed E-state index contributed by atoms with van der Waals surface area (Å²) in [5.41, 5.74) is 2.62. The van der Waals surface area contributed by atoms with Crippen LogP contribution in [0.5, 0.6) is 0 Å². The second-order valence-electron chi connectivity index (χ2n) is 6.31. The lowest BCUT2D eigenvalue weighted by Crippen LogP contribution is -2.50. The average molecular weight is 351 g/mol. The molecule has 3 heterocycles. The number of rotatable bonds is 4. The van der Waals surface area contributed by atoms with Gasteiger partial charge in [-0.3, -0.25) is 4.79 Å². The Kier molecular flexibility index (Phi) is 4.39. The molecule has 1 aliphatic heterocycles. The van der Waals surface area contributed by atoms with Gasteiger partial charge >= 0.3 is 0 Å². The summed E-state index contributed by atoms with van der Waals surface area (Å²) in [6.45, 7) is 3.33. The van der Waals surface area contributed by atoms with E-state index in [9.17, 15) is 4.79 Å². The summed E-state index contributed by atoms with van der Waals surface area (Å²) in [5, 5.41) is 3.11. The number of anilines is 2. The number of hydrogen-bond donors (Lipinski definition) is 1. The van der Waals surface area contributed by atoms with E-state index in [2.05, 4.69) is 37.3 Å². The van der Waals surface area contributed by atoms with Gasteiger partial charge in [-0.2, -0.15) is 0 Å². The molecule has 0 spiro atoms. The Labute approximate surface area is 151 Å². The van der Waals surface area contributed by atoms with Crippen LogP contribution in [-0.4, -0.2) is 63.0 Å². The zero-order valence-corrected chi connectivity index (χ0v) is 14.7. The van der Waals surface area contributed by atoms with E-state index in [1.165, 1.54) is 12.0 Å². The van der Waals surface area contributed by atoms with Gasteiger partial charge in [0.15, 0.2) is 11.5 Å². The highest BCUT2D eigenvalue weighted by molar-refractivity contribution is 5.86. The first-order valence-corrected chi connectivity index (χ1v) is 8.66. The highest BCUT2D eigenvalue weighted by atomic mass is 16.2. The number of aryl methyl sites for hydroxylation is 1. The molecule has 1 saturated heterocycles. The van der Waals surface area contributed by atoms with Crippen LogP contribution in [0.25, 0.3) is 11.2 Å². The Hall–Kier alpha value is -3.16. The molecule has 3 aromatic rings. The first-order chi connectivity index (χ1) is 12.7. The summed E-state index contributed by atoms with van der Waals surface area (Å²) in [7, 11) is 1.88. The van der Waals surface area contributed by atoms with Gasteiger partial charge in [0, 0.05) is 38.9 Å². The third kappa shape index (κ3) is 3.17. The second kappa shape index (κ2) is 6.99. The monoisotopic (exact) mass is 351 g/mol. The Balaban J connectivity index is 1.34. The molecule has 2 aromatic heterocycles. The van der Waals surface area contributed by atoms with Crippen LogP contribution < -0.4 is 10.2 Å². The van der Waals surface area contributed by atoms with Crippen molar-refractivity contribution in [2.24, 2.45) is 7.05 Å². The number of nitrogens with one attached hydrogen (secondary N) is 1. The third-order valence-electron chi connectivity index (χ3n) is 4.66. The summed E-state index contributed by atoms with van der Waals surface area (Å²) in [4.78, 5) is 29.4. The molecule has 8 nitrogen and oxygen atoms in total. The Morgan fingerprint density at radius 3 is 2.62 bits per heavy atom. The van der Waals surface area contributed by atoms with Crippen molar-refractivity contribution in [2.75, 3.05) is 42.9 Å². The van der Waals surface area contributed by atoms with Crippen LogP contribution in [-0.2, 0) is 11.8 Å². The Morgan fingerprint density at radius 2 is 1.85 bits per heavy atom. The van der Waals surface area contributed by atoms with E-state index in [4.69, 9.17) is 0 Å². The molecule has 1 fully saturated rings. The molecule has 0 bridgehead atoms. The van der Waals surface area contributed by atoms with Crippen LogP contribution in [0.15, 0.2) is 43.0 Å². The summed E-state index contributed by atoms with van der Waals surface area (Å²) in [6, 6.07) is 10.3. The van der Waals surface area contributed by atoms with Crippen LogP contribution in [0.1, 0.15) is 0 Å². The number of carbonyl (C=O) groups is 1. The van der Waals surface area contributed by atoms with Crippen molar-refractivity contribution in [2.45, 2.75) is 0 Å². The van der Waals surface area contributed by atoms with Crippen LogP contribution in [0.4, 0.5) is 11.5 Å². The average Bonchev–Trinajstić information content (AvgIpc) is 3.08. The number of carbonyl (C=O) groups excluding carboxylic acids is 1. The molecule has 1 N–H and O–H groups in total. The lowest BCUT2D eigenvalue weighted by molar-refractivity contribution is -0.129. The molecular formula is C18H21N7O. The largest absolute Gasteiger partial charge is 0.368 e. The number of imidazole rings is 1. The minimum Gasteiger partial charge on any atom is -0.368 e. The number of nitrogens with zero attached hydrogens (tertiary/aromatic N) is 6. The minimum absolute atomic E-state index is 0.0698. The maximum absolute atomic E-state index is 12.5. The van der Waals surface area contributed by atoms with E-state index in [1.54, 1.807) is 6.33 Å². The highest BCUT2D eigenvalue weighted by Crippen LogP contribution is 2.17. The van der Waals surface area contributed by atoms with E-state index in [1.807, 2.05) is 34.7 Å². The second-order valence-corrected chi connectivity index (χ2v) is 6.31. The predicted molar refractivity (Wildman–Crippen MR) is 100 cm³/mol. The molecule has 4 rings (SSSR count). The molecule has 0 aliphatic carbocycles. The van der Waals surface area contributed by atoms with Crippen molar-refractivity contribution in [1.82, 2.24) is 24.4 Å². The fraction of sp³-hybridized carbons (Fsp3) is 0.333. The van der Waals surface area contributed by atoms with E-state index < -0.39 is 0 Å². The SMILES string of the molecule is Cn1cnc2c(NCC(=O)N3CCN(c4ccccc4)CC3)ncnc21. The van der Waals surface area contributed by atoms with Gasteiger partial charge < -0.3 is 19.7 Å². The van der Waals surface area contributed by atoms with Crippen molar-refractivity contribution in [3.63, 3.8) is 0 Å². The van der Waals surface area contributed by atoms with E-state index in [-0.39, 0.29) is 12.5 Å². The first-order valence-electron chi connectivity index (χ1n) is 8.66. The fourth-order valence-electron chi connectivity index (χ4n) is 3.20. The molecule has 26 heavy (non-hydrogen) atoms. The van der Waals surface area contributed by atoms with Crippen LogP contribution in [0.2, 0.25) is 0 Å². The lowest BCUT2D eigenvalue weighted by Gasteiger charge is -2.36. The normalized spacial score (nSPS) is 14.7. The Morgan fingerprint density at radius 1 is 1.08 bits per heavy atom. The van der Waals surface area contributed by atoms with Crippen molar-refractivity contribution >= 4 is 28.6 Å². The van der Waals surface area contributed by atoms with E-state index in [0.29, 0.717) is 11.3 Å². The van der Waals surface area contributed by atoms with Gasteiger partial charge in [0.1, 0.15) is 11.8 Å². The zero-order valence-electron chi connectivity index (χ0n) is 14.7. The smallest absolute Gasteiger partial charge is 0.242 e. The summed E-state index contributed by atoms with van der Waals surface area (Å²) >= 11 is 0. The number of hydrogen-bond acceptors (Lipinski definition) is 6. The third-order valence-corrected chi connectivity index (χ3v) is 4.66. The number of para-hydroxylation sites is 1. The standard InChI is InChI=1S/C18H21N7O/c1-23-13-22-16-17(20-12-21-18(16)23)19-11-15(26)25-9-7-24(8-10-25)14-5-3-2-4-6-14/h2-6,12-13H,7-11H2,1H3,(H,19,20,21). The molecule has 134 valence electrons. The van der Waals surface area contributed by atoms with Crippen molar-refractivity contribution in [3.05, 3.63) is 43.0 Å². The topological polar surface area (TPSA) is 79.2 Å². The van der Waals surface area contributed by atoms with Gasteiger partial charge in [-0.1, -0.05) is 18.2 Å². The quantitative estimate of drug-likeness (QED) is 0.759.